The SMILES string of the molecule is CC(C)Oc1ccc(C(C)NC2CCN(CC(F)(F)F)CC2)cc1. The van der Waals surface area contributed by atoms with Gasteiger partial charge in [0.05, 0.1) is 12.6 Å². The van der Waals surface area contributed by atoms with Crippen LogP contribution in [0.5, 0.6) is 5.75 Å². The first-order chi connectivity index (χ1) is 11.2. The lowest BCUT2D eigenvalue weighted by Crippen LogP contribution is -2.46. The summed E-state index contributed by atoms with van der Waals surface area (Å²) in [6, 6.07) is 8.41. The number of nitrogens with one attached hydrogen (secondary N) is 1. The van der Waals surface area contributed by atoms with Gasteiger partial charge in [-0.25, -0.2) is 0 Å². The van der Waals surface area contributed by atoms with Crippen molar-refractivity contribution in [3.05, 3.63) is 29.8 Å². The van der Waals surface area contributed by atoms with Crippen molar-refractivity contribution in [1.82, 2.24) is 10.2 Å². The van der Waals surface area contributed by atoms with Gasteiger partial charge in [0.25, 0.3) is 0 Å². The maximum Gasteiger partial charge on any atom is 0.401 e. The molecule has 24 heavy (non-hydrogen) atoms. The summed E-state index contributed by atoms with van der Waals surface area (Å²) >= 11 is 0. The molecule has 1 aromatic rings. The first-order valence-corrected chi connectivity index (χ1v) is 8.54. The summed E-state index contributed by atoms with van der Waals surface area (Å²) in [5, 5.41) is 3.53. The van der Waals surface area contributed by atoms with Crippen molar-refractivity contribution in [3.8, 4) is 5.75 Å². The van der Waals surface area contributed by atoms with Gasteiger partial charge in [-0.3, -0.25) is 4.90 Å². The summed E-state index contributed by atoms with van der Waals surface area (Å²) in [5.74, 6) is 0.849. The first kappa shape index (κ1) is 19.1. The fourth-order valence-electron chi connectivity index (χ4n) is 3.07. The van der Waals surface area contributed by atoms with Gasteiger partial charge in [0.2, 0.25) is 0 Å². The number of halogens is 3. The van der Waals surface area contributed by atoms with Crippen LogP contribution < -0.4 is 10.1 Å². The van der Waals surface area contributed by atoms with Gasteiger partial charge in [0.1, 0.15) is 5.75 Å². The molecule has 6 heteroatoms. The predicted molar refractivity (Wildman–Crippen MR) is 89.3 cm³/mol. The Hall–Kier alpha value is -1.27. The zero-order valence-corrected chi connectivity index (χ0v) is 14.6. The molecule has 1 heterocycles. The van der Waals surface area contributed by atoms with Crippen LogP contribution in [-0.2, 0) is 0 Å². The molecule has 1 saturated heterocycles. The normalized spacial score (nSPS) is 18.8. The Morgan fingerprint density at radius 3 is 2.21 bits per heavy atom. The molecule has 1 unspecified atom stereocenters. The summed E-state index contributed by atoms with van der Waals surface area (Å²) in [5.41, 5.74) is 1.16. The smallest absolute Gasteiger partial charge is 0.401 e. The van der Waals surface area contributed by atoms with Crippen molar-refractivity contribution >= 4 is 0 Å². The highest BCUT2D eigenvalue weighted by Crippen LogP contribution is 2.23. The number of hydrogen-bond acceptors (Lipinski definition) is 3. The molecule has 0 spiro atoms. The van der Waals surface area contributed by atoms with Crippen molar-refractivity contribution in [2.75, 3.05) is 19.6 Å². The Morgan fingerprint density at radius 2 is 1.71 bits per heavy atom. The fraction of sp³-hybridized carbons (Fsp3) is 0.667. The van der Waals surface area contributed by atoms with Gasteiger partial charge in [0, 0.05) is 12.1 Å². The standard InChI is InChI=1S/C18H27F3N2O/c1-13(2)24-17-6-4-15(5-7-17)14(3)22-16-8-10-23(11-9-16)12-18(19,20)21/h4-7,13-14,16,22H,8-12H2,1-3H3. The minimum atomic E-state index is -4.10. The van der Waals surface area contributed by atoms with Crippen molar-refractivity contribution in [2.24, 2.45) is 0 Å². The van der Waals surface area contributed by atoms with Crippen LogP contribution in [0.2, 0.25) is 0 Å². The summed E-state index contributed by atoms with van der Waals surface area (Å²) in [7, 11) is 0. The van der Waals surface area contributed by atoms with E-state index in [0.29, 0.717) is 13.1 Å². The lowest BCUT2D eigenvalue weighted by atomic mass is 10.0. The van der Waals surface area contributed by atoms with E-state index in [1.807, 2.05) is 38.1 Å². The number of ether oxygens (including phenoxy) is 1. The summed E-state index contributed by atoms with van der Waals surface area (Å²) in [6.45, 7) is 6.25. The number of hydrogen-bond donors (Lipinski definition) is 1. The summed E-state index contributed by atoms with van der Waals surface area (Å²) < 4.78 is 42.9. The highest BCUT2D eigenvalue weighted by atomic mass is 19.4. The molecule has 0 amide bonds. The van der Waals surface area contributed by atoms with Gasteiger partial charge >= 0.3 is 6.18 Å². The number of nitrogens with zero attached hydrogens (tertiary/aromatic N) is 1. The van der Waals surface area contributed by atoms with Gasteiger partial charge in [-0.15, -0.1) is 0 Å². The molecule has 1 fully saturated rings. The lowest BCUT2D eigenvalue weighted by molar-refractivity contribution is -0.148. The van der Waals surface area contributed by atoms with E-state index in [-0.39, 0.29) is 18.2 Å². The van der Waals surface area contributed by atoms with Crippen LogP contribution in [0, 0.1) is 0 Å². The first-order valence-electron chi connectivity index (χ1n) is 8.54. The number of piperidine rings is 1. The second kappa shape index (κ2) is 8.21. The lowest BCUT2D eigenvalue weighted by Gasteiger charge is -2.34. The van der Waals surface area contributed by atoms with Gasteiger partial charge < -0.3 is 10.1 Å². The average molecular weight is 344 g/mol. The molecule has 136 valence electrons. The number of rotatable bonds is 6. The topological polar surface area (TPSA) is 24.5 Å². The molecule has 0 aromatic heterocycles. The Kier molecular flexibility index (Phi) is 6.52. The Morgan fingerprint density at radius 1 is 1.12 bits per heavy atom. The van der Waals surface area contributed by atoms with Crippen LogP contribution in [-0.4, -0.2) is 42.9 Å². The Labute approximate surface area is 142 Å². The molecule has 0 bridgehead atoms. The zero-order valence-electron chi connectivity index (χ0n) is 14.6. The van der Waals surface area contributed by atoms with E-state index in [1.165, 1.54) is 4.90 Å². The van der Waals surface area contributed by atoms with Gasteiger partial charge in [-0.05, 0) is 64.4 Å². The van der Waals surface area contributed by atoms with Gasteiger partial charge in [0.15, 0.2) is 0 Å². The van der Waals surface area contributed by atoms with Crippen molar-refractivity contribution < 1.29 is 17.9 Å². The van der Waals surface area contributed by atoms with Crippen LogP contribution in [0.1, 0.15) is 45.2 Å². The second-order valence-electron chi connectivity index (χ2n) is 6.79. The third kappa shape index (κ3) is 6.32. The monoisotopic (exact) mass is 344 g/mol. The molecule has 1 aliphatic rings. The van der Waals surface area contributed by atoms with Crippen molar-refractivity contribution in [3.63, 3.8) is 0 Å². The number of likely N-dealkylation sites (tertiary alicyclic amines) is 1. The predicted octanol–water partition coefficient (Wildman–Crippen LogP) is 4.15. The fourth-order valence-corrected chi connectivity index (χ4v) is 3.07. The van der Waals surface area contributed by atoms with Crippen molar-refractivity contribution in [2.45, 2.75) is 58.0 Å². The molecule has 3 nitrogen and oxygen atoms in total. The van der Waals surface area contributed by atoms with Crippen LogP contribution in [0.4, 0.5) is 13.2 Å². The molecule has 0 radical (unpaired) electrons. The average Bonchev–Trinajstić information content (AvgIpc) is 2.48. The molecule has 1 N–H and O–H groups in total. The number of benzene rings is 1. The van der Waals surface area contributed by atoms with E-state index < -0.39 is 12.7 Å². The van der Waals surface area contributed by atoms with Crippen LogP contribution in [0.25, 0.3) is 0 Å². The van der Waals surface area contributed by atoms with E-state index in [0.717, 1.165) is 24.2 Å². The van der Waals surface area contributed by atoms with Gasteiger partial charge in [-0.1, -0.05) is 12.1 Å². The maximum atomic E-state index is 12.4. The van der Waals surface area contributed by atoms with Crippen molar-refractivity contribution in [1.29, 1.82) is 0 Å². The third-order valence-corrected chi connectivity index (χ3v) is 4.23. The molecule has 1 aromatic carbocycles. The maximum absolute atomic E-state index is 12.4. The molecule has 0 saturated carbocycles. The minimum Gasteiger partial charge on any atom is -0.491 e. The van der Waals surface area contributed by atoms with Crippen LogP contribution in [0.15, 0.2) is 24.3 Å². The molecule has 1 atom stereocenters. The van der Waals surface area contributed by atoms with E-state index in [4.69, 9.17) is 4.74 Å². The minimum absolute atomic E-state index is 0.147. The van der Waals surface area contributed by atoms with E-state index >= 15 is 0 Å². The highest BCUT2D eigenvalue weighted by molar-refractivity contribution is 5.29. The molecule has 1 aliphatic heterocycles. The number of alkyl halides is 3. The Balaban J connectivity index is 1.80. The molecular formula is C18H27F3N2O. The quantitative estimate of drug-likeness (QED) is 0.839. The van der Waals surface area contributed by atoms with Gasteiger partial charge in [-0.2, -0.15) is 13.2 Å². The third-order valence-electron chi connectivity index (χ3n) is 4.23. The largest absolute Gasteiger partial charge is 0.491 e. The summed E-state index contributed by atoms with van der Waals surface area (Å²) in [4.78, 5) is 1.49. The van der Waals surface area contributed by atoms with E-state index in [1.54, 1.807) is 0 Å². The molecule has 2 rings (SSSR count). The van der Waals surface area contributed by atoms with Crippen LogP contribution >= 0.6 is 0 Å². The Bertz CT molecular complexity index is 494. The second-order valence-corrected chi connectivity index (χ2v) is 6.79. The summed E-state index contributed by atoms with van der Waals surface area (Å²) in [6.07, 6.45) is -2.47. The van der Waals surface area contributed by atoms with Crippen LogP contribution in [0.3, 0.4) is 0 Å². The molecule has 0 aliphatic carbocycles. The van der Waals surface area contributed by atoms with E-state index in [2.05, 4.69) is 12.2 Å². The highest BCUT2D eigenvalue weighted by Gasteiger charge is 2.32. The zero-order chi connectivity index (χ0) is 17.7. The van der Waals surface area contributed by atoms with E-state index in [9.17, 15) is 13.2 Å². The molecular weight excluding hydrogens is 317 g/mol.